The number of likely N-dealkylation sites (tertiary alicyclic amines) is 1. The second kappa shape index (κ2) is 8.70. The molecule has 3 rings (SSSR count). The molecule has 1 aliphatic carbocycles. The predicted octanol–water partition coefficient (Wildman–Crippen LogP) is 3.37. The molecule has 28 heavy (non-hydrogen) atoms. The Hall–Kier alpha value is -1.79. The van der Waals surface area contributed by atoms with Gasteiger partial charge in [-0.2, -0.15) is 0 Å². The van der Waals surface area contributed by atoms with Crippen LogP contribution in [0.25, 0.3) is 0 Å². The number of benzene rings is 1. The molecule has 2 aliphatic rings. The standard InChI is InChI=1S/C22H33NO5/c1-15(2)21(24)28-14-27-17-8-9-22(10-11-23(3)20(22)13-17)16-6-7-18(25-4)19(12-16)26-5/h6-7,12,15,17,20H,8-11,13-14H2,1-5H3. The van der Waals surface area contributed by atoms with Crippen molar-refractivity contribution in [3.63, 3.8) is 0 Å². The summed E-state index contributed by atoms with van der Waals surface area (Å²) in [6, 6.07) is 6.72. The largest absolute Gasteiger partial charge is 0.493 e. The van der Waals surface area contributed by atoms with Gasteiger partial charge >= 0.3 is 5.97 Å². The van der Waals surface area contributed by atoms with Crippen molar-refractivity contribution in [3.05, 3.63) is 23.8 Å². The summed E-state index contributed by atoms with van der Waals surface area (Å²) in [5.74, 6) is 1.19. The zero-order valence-electron chi connectivity index (χ0n) is 17.7. The van der Waals surface area contributed by atoms with Crippen LogP contribution >= 0.6 is 0 Å². The van der Waals surface area contributed by atoms with Crippen molar-refractivity contribution in [1.82, 2.24) is 4.90 Å². The number of likely N-dealkylation sites (N-methyl/N-ethyl adjacent to an activating group) is 1. The highest BCUT2D eigenvalue weighted by molar-refractivity contribution is 5.71. The van der Waals surface area contributed by atoms with Gasteiger partial charge < -0.3 is 23.8 Å². The van der Waals surface area contributed by atoms with E-state index in [0.717, 1.165) is 43.7 Å². The molecule has 1 saturated heterocycles. The van der Waals surface area contributed by atoms with Crippen LogP contribution in [0.4, 0.5) is 0 Å². The molecule has 1 heterocycles. The van der Waals surface area contributed by atoms with Crippen LogP contribution < -0.4 is 9.47 Å². The Balaban J connectivity index is 1.72. The highest BCUT2D eigenvalue weighted by atomic mass is 16.7. The Morgan fingerprint density at radius 2 is 1.96 bits per heavy atom. The lowest BCUT2D eigenvalue weighted by Gasteiger charge is -2.44. The number of hydrogen-bond acceptors (Lipinski definition) is 6. The molecule has 1 aromatic carbocycles. The van der Waals surface area contributed by atoms with Crippen LogP contribution in [-0.4, -0.2) is 57.6 Å². The molecule has 0 radical (unpaired) electrons. The Kier molecular flexibility index (Phi) is 6.50. The molecule has 1 aromatic rings. The second-order valence-electron chi connectivity index (χ2n) is 8.27. The first-order valence-corrected chi connectivity index (χ1v) is 10.1. The number of ether oxygens (including phenoxy) is 4. The number of fused-ring (bicyclic) bond motifs is 1. The number of esters is 1. The van der Waals surface area contributed by atoms with Crippen molar-refractivity contribution < 1.29 is 23.7 Å². The minimum Gasteiger partial charge on any atom is -0.493 e. The number of rotatable bonds is 7. The van der Waals surface area contributed by atoms with E-state index >= 15 is 0 Å². The quantitative estimate of drug-likeness (QED) is 0.525. The van der Waals surface area contributed by atoms with Crippen LogP contribution in [0.15, 0.2) is 18.2 Å². The summed E-state index contributed by atoms with van der Waals surface area (Å²) in [5.41, 5.74) is 1.41. The first-order valence-electron chi connectivity index (χ1n) is 10.1. The van der Waals surface area contributed by atoms with E-state index in [1.54, 1.807) is 14.2 Å². The molecule has 0 N–H and O–H groups in total. The summed E-state index contributed by atoms with van der Waals surface area (Å²) in [6.07, 6.45) is 4.17. The van der Waals surface area contributed by atoms with Crippen molar-refractivity contribution >= 4 is 5.97 Å². The molecule has 2 fully saturated rings. The molecule has 6 nitrogen and oxygen atoms in total. The second-order valence-corrected chi connectivity index (χ2v) is 8.27. The lowest BCUT2D eigenvalue weighted by Crippen LogP contribution is -2.48. The van der Waals surface area contributed by atoms with E-state index in [4.69, 9.17) is 18.9 Å². The van der Waals surface area contributed by atoms with Gasteiger partial charge in [0.05, 0.1) is 26.2 Å². The van der Waals surface area contributed by atoms with Crippen LogP contribution in [0.1, 0.15) is 45.1 Å². The van der Waals surface area contributed by atoms with Gasteiger partial charge in [-0.3, -0.25) is 4.79 Å². The van der Waals surface area contributed by atoms with Crippen LogP contribution in [0.5, 0.6) is 11.5 Å². The van der Waals surface area contributed by atoms with Gasteiger partial charge in [0.1, 0.15) is 0 Å². The summed E-state index contributed by atoms with van der Waals surface area (Å²) in [4.78, 5) is 14.1. The fourth-order valence-corrected chi connectivity index (χ4v) is 4.74. The third-order valence-corrected chi connectivity index (χ3v) is 6.41. The minimum atomic E-state index is -0.214. The van der Waals surface area contributed by atoms with E-state index in [1.807, 2.05) is 19.9 Å². The van der Waals surface area contributed by atoms with Gasteiger partial charge in [0.25, 0.3) is 0 Å². The zero-order chi connectivity index (χ0) is 20.3. The summed E-state index contributed by atoms with van der Waals surface area (Å²) in [5, 5.41) is 0. The monoisotopic (exact) mass is 391 g/mol. The van der Waals surface area contributed by atoms with E-state index in [2.05, 4.69) is 24.1 Å². The van der Waals surface area contributed by atoms with Gasteiger partial charge in [0.2, 0.25) is 0 Å². The van der Waals surface area contributed by atoms with E-state index < -0.39 is 0 Å². The first-order chi connectivity index (χ1) is 13.4. The highest BCUT2D eigenvalue weighted by Crippen LogP contribution is 2.50. The van der Waals surface area contributed by atoms with Gasteiger partial charge in [-0.15, -0.1) is 0 Å². The van der Waals surface area contributed by atoms with Gasteiger partial charge in [0.15, 0.2) is 18.3 Å². The predicted molar refractivity (Wildman–Crippen MR) is 107 cm³/mol. The van der Waals surface area contributed by atoms with Gasteiger partial charge in [-0.25, -0.2) is 0 Å². The SMILES string of the molecule is COc1ccc(C23CCC(OCOC(=O)C(C)C)CC2N(C)CC3)cc1OC. The average molecular weight is 392 g/mol. The van der Waals surface area contributed by atoms with E-state index in [0.29, 0.717) is 6.04 Å². The average Bonchev–Trinajstić information content (AvgIpc) is 3.04. The lowest BCUT2D eigenvalue weighted by atomic mass is 9.65. The number of carbonyl (C=O) groups excluding carboxylic acids is 1. The zero-order valence-corrected chi connectivity index (χ0v) is 17.7. The van der Waals surface area contributed by atoms with E-state index in [1.165, 1.54) is 5.56 Å². The molecule has 0 aromatic heterocycles. The molecule has 0 amide bonds. The summed E-state index contributed by atoms with van der Waals surface area (Å²) in [7, 11) is 5.53. The molecule has 3 atom stereocenters. The van der Waals surface area contributed by atoms with Gasteiger partial charge in [0, 0.05) is 11.5 Å². The third-order valence-electron chi connectivity index (χ3n) is 6.41. The van der Waals surface area contributed by atoms with Crippen molar-refractivity contribution in [1.29, 1.82) is 0 Å². The maximum Gasteiger partial charge on any atom is 0.310 e. The number of carbonyl (C=O) groups is 1. The van der Waals surface area contributed by atoms with Gasteiger partial charge in [-0.1, -0.05) is 19.9 Å². The van der Waals surface area contributed by atoms with Crippen LogP contribution in [-0.2, 0) is 19.7 Å². The normalized spacial score (nSPS) is 27.5. The fraction of sp³-hybridized carbons (Fsp3) is 0.682. The lowest BCUT2D eigenvalue weighted by molar-refractivity contribution is -0.167. The number of hydrogen-bond donors (Lipinski definition) is 0. The Labute approximate surface area is 168 Å². The first kappa shape index (κ1) is 20.9. The third kappa shape index (κ3) is 3.98. The smallest absolute Gasteiger partial charge is 0.310 e. The molecular formula is C22H33NO5. The van der Waals surface area contributed by atoms with Gasteiger partial charge in [-0.05, 0) is 57.0 Å². The Morgan fingerprint density at radius 3 is 2.64 bits per heavy atom. The molecule has 6 heteroatoms. The minimum absolute atomic E-state index is 0.0431. The Morgan fingerprint density at radius 1 is 1.21 bits per heavy atom. The number of nitrogens with zero attached hydrogens (tertiary/aromatic N) is 1. The van der Waals surface area contributed by atoms with Crippen molar-refractivity contribution in [2.24, 2.45) is 5.92 Å². The molecule has 1 aliphatic heterocycles. The maximum absolute atomic E-state index is 11.6. The van der Waals surface area contributed by atoms with Crippen molar-refractivity contribution in [3.8, 4) is 11.5 Å². The number of methoxy groups -OCH3 is 2. The maximum atomic E-state index is 11.6. The highest BCUT2D eigenvalue weighted by Gasteiger charge is 2.50. The molecule has 156 valence electrons. The van der Waals surface area contributed by atoms with Crippen LogP contribution in [0.2, 0.25) is 0 Å². The topological polar surface area (TPSA) is 57.2 Å². The summed E-state index contributed by atoms with van der Waals surface area (Å²) < 4.78 is 22.1. The van der Waals surface area contributed by atoms with Crippen molar-refractivity contribution in [2.75, 3.05) is 34.6 Å². The molecule has 3 unspecified atom stereocenters. The fourth-order valence-electron chi connectivity index (χ4n) is 4.74. The van der Waals surface area contributed by atoms with Crippen LogP contribution in [0, 0.1) is 5.92 Å². The summed E-state index contributed by atoms with van der Waals surface area (Å²) in [6.45, 7) is 4.76. The molecular weight excluding hydrogens is 358 g/mol. The summed E-state index contributed by atoms with van der Waals surface area (Å²) >= 11 is 0. The Bertz CT molecular complexity index is 692. The van der Waals surface area contributed by atoms with E-state index in [-0.39, 0.29) is 30.2 Å². The van der Waals surface area contributed by atoms with E-state index in [9.17, 15) is 4.79 Å². The van der Waals surface area contributed by atoms with Crippen molar-refractivity contribution in [2.45, 2.75) is 57.1 Å². The molecule has 0 spiro atoms. The van der Waals surface area contributed by atoms with Crippen LogP contribution in [0.3, 0.4) is 0 Å². The molecule has 1 saturated carbocycles. The molecule has 0 bridgehead atoms.